The van der Waals surface area contributed by atoms with Crippen LogP contribution in [0, 0.1) is 0 Å². The molecule has 46 heavy (non-hydrogen) atoms. The summed E-state index contributed by atoms with van der Waals surface area (Å²) in [4.78, 5) is 0. The highest BCUT2D eigenvalue weighted by atomic mass is 79.9. The van der Waals surface area contributed by atoms with Crippen molar-refractivity contribution in [3.05, 3.63) is 146 Å². The Morgan fingerprint density at radius 3 is 0.761 bits per heavy atom. The van der Waals surface area contributed by atoms with Crippen LogP contribution in [0.5, 0.6) is 0 Å². The van der Waals surface area contributed by atoms with Crippen LogP contribution in [0.2, 0.25) is 0 Å². The highest BCUT2D eigenvalue weighted by Crippen LogP contribution is 2.00. The summed E-state index contributed by atoms with van der Waals surface area (Å²) in [5, 5.41) is 9.74. The van der Waals surface area contributed by atoms with Crippen LogP contribution < -0.4 is 0 Å². The summed E-state index contributed by atoms with van der Waals surface area (Å²) in [6.45, 7) is 4.60. The molecule has 1 nitrogen and oxygen atoms in total. The molecule has 0 aliphatic carbocycles. The van der Waals surface area contributed by atoms with Gasteiger partial charge in [-0.05, 0) is 103 Å². The second-order valence-electron chi connectivity index (χ2n) is 10.5. The molecule has 0 aliphatic rings. The number of alkyl halides is 1. The van der Waals surface area contributed by atoms with Crippen molar-refractivity contribution >= 4 is 15.9 Å². The lowest BCUT2D eigenvalue weighted by molar-refractivity contribution is 0.289. The average Bonchev–Trinajstić information content (AvgIpc) is 3.07. The van der Waals surface area contributed by atoms with E-state index < -0.39 is 0 Å². The molecule has 0 heterocycles. The molecule has 2 heteroatoms. The summed E-state index contributed by atoms with van der Waals surface area (Å²) in [6.07, 6.45) is 70.0. The minimum Gasteiger partial charge on any atom is -0.396 e. The molecular weight excluding hydrogens is 624 g/mol. The fraction of sp³-hybridized carbons (Fsp3) is 0.455. The fourth-order valence-electron chi connectivity index (χ4n) is 3.68. The Morgan fingerprint density at radius 2 is 0.543 bits per heavy atom. The van der Waals surface area contributed by atoms with E-state index in [4.69, 9.17) is 5.11 Å². The van der Waals surface area contributed by atoms with E-state index in [1.807, 2.05) is 0 Å². The van der Waals surface area contributed by atoms with Gasteiger partial charge in [-0.1, -0.05) is 176 Å². The molecule has 0 aromatic carbocycles. The van der Waals surface area contributed by atoms with Crippen molar-refractivity contribution in [1.29, 1.82) is 0 Å². The van der Waals surface area contributed by atoms with Gasteiger partial charge < -0.3 is 5.11 Å². The summed E-state index contributed by atoms with van der Waals surface area (Å²) in [5.74, 6) is 0. The number of hydrogen-bond acceptors (Lipinski definition) is 1. The maximum atomic E-state index is 8.64. The molecule has 0 aromatic heterocycles. The quantitative estimate of drug-likeness (QED) is 0.0492. The van der Waals surface area contributed by atoms with Crippen molar-refractivity contribution in [1.82, 2.24) is 0 Å². The van der Waals surface area contributed by atoms with E-state index in [9.17, 15) is 0 Å². The first-order valence-electron chi connectivity index (χ1n) is 17.8. The van der Waals surface area contributed by atoms with Crippen LogP contribution in [0.25, 0.3) is 0 Å². The second-order valence-corrected chi connectivity index (χ2v) is 11.3. The molecule has 0 aromatic rings. The normalized spacial score (nSPS) is 13.3. The first-order chi connectivity index (χ1) is 22.8. The number of unbranched alkanes of at least 4 members (excludes halogenated alkanes) is 2. The molecule has 0 spiro atoms. The van der Waals surface area contributed by atoms with Crippen LogP contribution in [-0.2, 0) is 0 Å². The van der Waals surface area contributed by atoms with E-state index in [1.54, 1.807) is 0 Å². The number of halogens is 1. The average molecular weight is 692 g/mol. The van der Waals surface area contributed by atoms with E-state index in [-0.39, 0.29) is 6.61 Å². The van der Waals surface area contributed by atoms with Gasteiger partial charge in [0.1, 0.15) is 0 Å². The third-order valence-corrected chi connectivity index (χ3v) is 6.79. The molecular formula is C44H67BrO. The van der Waals surface area contributed by atoms with Gasteiger partial charge in [0.05, 0.1) is 0 Å². The van der Waals surface area contributed by atoms with Crippen LogP contribution in [0.15, 0.2) is 146 Å². The Morgan fingerprint density at radius 1 is 0.326 bits per heavy atom. The van der Waals surface area contributed by atoms with Crippen molar-refractivity contribution in [3.63, 3.8) is 0 Å². The highest BCUT2D eigenvalue weighted by molar-refractivity contribution is 9.09. The third kappa shape index (κ3) is 48.2. The Hall–Kier alpha value is -2.68. The predicted molar refractivity (Wildman–Crippen MR) is 216 cm³/mol. The molecule has 0 rings (SSSR count). The van der Waals surface area contributed by atoms with Gasteiger partial charge in [-0.2, -0.15) is 0 Å². The van der Waals surface area contributed by atoms with E-state index in [0.717, 1.165) is 95.2 Å². The first-order valence-corrected chi connectivity index (χ1v) is 18.9. The van der Waals surface area contributed by atoms with Crippen LogP contribution in [0.1, 0.15) is 117 Å². The number of hydrogen-bond donors (Lipinski definition) is 1. The first kappa shape index (κ1) is 45.4. The molecule has 0 saturated heterocycles. The molecule has 1 N–H and O–H groups in total. The lowest BCUT2D eigenvalue weighted by Crippen LogP contribution is -1.77. The van der Waals surface area contributed by atoms with Crippen LogP contribution in [0.3, 0.4) is 0 Å². The maximum absolute atomic E-state index is 8.64. The number of allylic oxidation sites excluding steroid dienone is 24. The van der Waals surface area contributed by atoms with Crippen LogP contribution in [-0.4, -0.2) is 17.0 Å². The summed E-state index contributed by atoms with van der Waals surface area (Å²) in [6, 6.07) is 0. The van der Waals surface area contributed by atoms with E-state index >= 15 is 0 Å². The lowest BCUT2D eigenvalue weighted by Gasteiger charge is -1.87. The largest absolute Gasteiger partial charge is 0.396 e. The minimum absolute atomic E-state index is 0.284. The lowest BCUT2D eigenvalue weighted by atomic mass is 10.2. The molecule has 0 saturated carbocycles. The summed E-state index contributed by atoms with van der Waals surface area (Å²) < 4.78 is 0. The smallest absolute Gasteiger partial charge is 0.0433 e. The third-order valence-electron chi connectivity index (χ3n) is 6.23. The Labute approximate surface area is 294 Å². The highest BCUT2D eigenvalue weighted by Gasteiger charge is 1.80. The van der Waals surface area contributed by atoms with Gasteiger partial charge in [0.2, 0.25) is 0 Å². The molecule has 0 atom stereocenters. The van der Waals surface area contributed by atoms with Crippen LogP contribution >= 0.6 is 15.9 Å². The van der Waals surface area contributed by atoms with E-state index in [2.05, 4.69) is 176 Å². The van der Waals surface area contributed by atoms with Gasteiger partial charge >= 0.3 is 0 Å². The summed E-state index contributed by atoms with van der Waals surface area (Å²) >= 11 is 3.44. The Bertz CT molecular complexity index is 868. The van der Waals surface area contributed by atoms with Gasteiger partial charge in [0, 0.05) is 11.9 Å². The van der Waals surface area contributed by atoms with Gasteiger partial charge in [0.15, 0.2) is 0 Å². The summed E-state index contributed by atoms with van der Waals surface area (Å²) in [5.41, 5.74) is 0. The number of aliphatic hydroxyl groups is 1. The molecule has 0 unspecified atom stereocenters. The number of rotatable bonds is 28. The van der Waals surface area contributed by atoms with E-state index in [0.29, 0.717) is 0 Å². The SMILES string of the molecule is CC/C=C\C/C=C\C/C=C\C/C=C\C/C=C\C/C=C\CCCBr.CC/C=C\C/C=C\C/C=C\C/C=C\C/C=C\C/C=C\CCCO. The van der Waals surface area contributed by atoms with Crippen LogP contribution in [0.4, 0.5) is 0 Å². The van der Waals surface area contributed by atoms with Crippen molar-refractivity contribution in [2.24, 2.45) is 0 Å². The predicted octanol–water partition coefficient (Wildman–Crippen LogP) is 14.3. The topological polar surface area (TPSA) is 20.2 Å². The van der Waals surface area contributed by atoms with Crippen molar-refractivity contribution in [2.45, 2.75) is 117 Å². The number of aliphatic hydroxyl groups excluding tert-OH is 1. The minimum atomic E-state index is 0.284. The zero-order valence-corrected chi connectivity index (χ0v) is 31.0. The van der Waals surface area contributed by atoms with Gasteiger partial charge in [-0.3, -0.25) is 0 Å². The standard InChI is InChI=1S/C22H33Br.C22H34O/c2*1-2-3-4-5-6-7-8-9-10-11-12-13-14-15-16-17-18-19-20-21-22-23/h3-4,6-7,9-10,12-13,15-16,18-19H,2,5,8,11,14,17,20-22H2,1H3;3-4,6-7,9-10,12-13,15-16,18-19,23H,2,5,8,11,14,17,20-22H2,1H3/b2*4-3-,7-6-,10-9-,13-12-,16-15-,19-18-. The zero-order valence-electron chi connectivity index (χ0n) is 29.4. The van der Waals surface area contributed by atoms with Gasteiger partial charge in [0.25, 0.3) is 0 Å². The van der Waals surface area contributed by atoms with Gasteiger partial charge in [-0.25, -0.2) is 0 Å². The van der Waals surface area contributed by atoms with Crippen molar-refractivity contribution in [3.8, 4) is 0 Å². The van der Waals surface area contributed by atoms with Crippen molar-refractivity contribution < 1.29 is 5.11 Å². The fourth-order valence-corrected chi connectivity index (χ4v) is 4.01. The van der Waals surface area contributed by atoms with Gasteiger partial charge in [-0.15, -0.1) is 0 Å². The monoisotopic (exact) mass is 690 g/mol. The van der Waals surface area contributed by atoms with Crippen molar-refractivity contribution in [2.75, 3.05) is 11.9 Å². The molecule has 0 aliphatic heterocycles. The molecule has 0 radical (unpaired) electrons. The molecule has 256 valence electrons. The zero-order chi connectivity index (χ0) is 33.7. The Kier molecular flexibility index (Phi) is 46.2. The molecule has 0 fully saturated rings. The maximum Gasteiger partial charge on any atom is 0.0433 e. The molecule has 0 amide bonds. The second kappa shape index (κ2) is 46.7. The van der Waals surface area contributed by atoms with E-state index in [1.165, 1.54) is 12.8 Å². The summed E-state index contributed by atoms with van der Waals surface area (Å²) in [7, 11) is 0. The Balaban J connectivity index is 0. The molecule has 0 bridgehead atoms.